The molecule has 0 aliphatic heterocycles. The zero-order valence-corrected chi connectivity index (χ0v) is 20.8. The Kier molecular flexibility index (Phi) is 8.03. The van der Waals surface area contributed by atoms with Gasteiger partial charge < -0.3 is 9.88 Å². The zero-order valence-electron chi connectivity index (χ0n) is 19.2. The Bertz CT molecular complexity index is 1260. The molecule has 0 saturated carbocycles. The highest BCUT2D eigenvalue weighted by atomic mass is 35.5. The van der Waals surface area contributed by atoms with Gasteiger partial charge in [-0.2, -0.15) is 0 Å². The van der Waals surface area contributed by atoms with Crippen molar-refractivity contribution in [3.8, 4) is 0 Å². The second-order valence-electron chi connectivity index (χ2n) is 8.20. The summed E-state index contributed by atoms with van der Waals surface area (Å²) in [5.41, 5.74) is 4.49. The number of hydrogen-bond donors (Lipinski definition) is 1. The van der Waals surface area contributed by atoms with Gasteiger partial charge in [0.1, 0.15) is 5.82 Å². The van der Waals surface area contributed by atoms with Gasteiger partial charge in [-0.1, -0.05) is 90.1 Å². The number of carbonyl (C=O) groups excluding carboxylic acids is 1. The highest BCUT2D eigenvalue weighted by Gasteiger charge is 2.24. The van der Waals surface area contributed by atoms with Crippen molar-refractivity contribution in [3.63, 3.8) is 0 Å². The molecule has 174 valence electrons. The van der Waals surface area contributed by atoms with Crippen molar-refractivity contribution in [2.24, 2.45) is 0 Å². The standard InChI is InChI=1S/C27H27ClN4OS/c1-19-9-6-7-13-23(19)16-29-26(33)20(2)25-30-31-27(32(25)17-21-10-4-3-5-11-21)34-18-22-12-8-14-24(28)15-22/h3-15,20H,16-18H2,1-2H3,(H,29,33). The first-order chi connectivity index (χ1) is 16.5. The number of benzene rings is 3. The number of amides is 1. The average Bonchev–Trinajstić information content (AvgIpc) is 3.24. The zero-order chi connectivity index (χ0) is 23.9. The number of aromatic nitrogens is 3. The van der Waals surface area contributed by atoms with Crippen molar-refractivity contribution in [3.05, 3.63) is 112 Å². The third kappa shape index (κ3) is 6.07. The Morgan fingerprint density at radius 1 is 1.00 bits per heavy atom. The largest absolute Gasteiger partial charge is 0.351 e. The maximum Gasteiger partial charge on any atom is 0.230 e. The molecule has 5 nitrogen and oxygen atoms in total. The lowest BCUT2D eigenvalue weighted by atomic mass is 10.1. The summed E-state index contributed by atoms with van der Waals surface area (Å²) < 4.78 is 2.04. The van der Waals surface area contributed by atoms with E-state index in [1.807, 2.05) is 85.1 Å². The molecule has 4 aromatic rings. The molecule has 34 heavy (non-hydrogen) atoms. The van der Waals surface area contributed by atoms with Gasteiger partial charge in [0, 0.05) is 17.3 Å². The van der Waals surface area contributed by atoms with Crippen molar-refractivity contribution in [1.82, 2.24) is 20.1 Å². The molecule has 0 bridgehead atoms. The van der Waals surface area contributed by atoms with Crippen molar-refractivity contribution < 1.29 is 4.79 Å². The van der Waals surface area contributed by atoms with Gasteiger partial charge in [-0.15, -0.1) is 10.2 Å². The summed E-state index contributed by atoms with van der Waals surface area (Å²) in [4.78, 5) is 13.0. The summed E-state index contributed by atoms with van der Waals surface area (Å²) in [6, 6.07) is 26.0. The van der Waals surface area contributed by atoms with Crippen LogP contribution in [-0.2, 0) is 23.6 Å². The van der Waals surface area contributed by atoms with E-state index in [1.165, 1.54) is 0 Å². The van der Waals surface area contributed by atoms with Crippen LogP contribution in [0.25, 0.3) is 0 Å². The van der Waals surface area contributed by atoms with Crippen LogP contribution in [0.15, 0.2) is 84.0 Å². The molecule has 1 N–H and O–H groups in total. The fraction of sp³-hybridized carbons (Fsp3) is 0.222. The van der Waals surface area contributed by atoms with E-state index in [0.29, 0.717) is 29.7 Å². The van der Waals surface area contributed by atoms with E-state index in [1.54, 1.807) is 11.8 Å². The van der Waals surface area contributed by atoms with Crippen LogP contribution in [0, 0.1) is 6.92 Å². The van der Waals surface area contributed by atoms with Crippen molar-refractivity contribution in [2.45, 2.75) is 43.8 Å². The molecule has 1 heterocycles. The lowest BCUT2D eigenvalue weighted by molar-refractivity contribution is -0.122. The van der Waals surface area contributed by atoms with Gasteiger partial charge in [0.15, 0.2) is 5.16 Å². The summed E-state index contributed by atoms with van der Waals surface area (Å²) >= 11 is 7.73. The van der Waals surface area contributed by atoms with Crippen LogP contribution < -0.4 is 5.32 Å². The SMILES string of the molecule is Cc1ccccc1CNC(=O)C(C)c1nnc(SCc2cccc(Cl)c2)n1Cc1ccccc1. The van der Waals surface area contributed by atoms with Gasteiger partial charge in [0.2, 0.25) is 5.91 Å². The van der Waals surface area contributed by atoms with Crippen molar-refractivity contribution in [1.29, 1.82) is 0 Å². The Hall–Kier alpha value is -3.09. The van der Waals surface area contributed by atoms with Gasteiger partial charge in [-0.3, -0.25) is 4.79 Å². The molecule has 0 aliphatic carbocycles. The third-order valence-corrected chi connectivity index (χ3v) is 6.95. The molecule has 1 amide bonds. The van der Waals surface area contributed by atoms with Gasteiger partial charge >= 0.3 is 0 Å². The molecule has 4 rings (SSSR count). The van der Waals surface area contributed by atoms with Crippen LogP contribution in [0.3, 0.4) is 0 Å². The molecule has 3 aromatic carbocycles. The molecule has 7 heteroatoms. The fourth-order valence-electron chi connectivity index (χ4n) is 3.68. The van der Waals surface area contributed by atoms with Crippen LogP contribution in [-0.4, -0.2) is 20.7 Å². The van der Waals surface area contributed by atoms with Crippen LogP contribution >= 0.6 is 23.4 Å². The molecule has 0 aliphatic rings. The predicted octanol–water partition coefficient (Wildman–Crippen LogP) is 6.00. The molecule has 0 radical (unpaired) electrons. The topological polar surface area (TPSA) is 59.8 Å². The minimum absolute atomic E-state index is 0.0728. The number of carbonyl (C=O) groups is 1. The van der Waals surface area contributed by atoms with Gasteiger partial charge in [-0.05, 0) is 48.2 Å². The number of rotatable bonds is 9. The monoisotopic (exact) mass is 490 g/mol. The Labute approximate surface area is 209 Å². The summed E-state index contributed by atoms with van der Waals surface area (Å²) in [5.74, 6) is 0.846. The van der Waals surface area contributed by atoms with Gasteiger partial charge in [-0.25, -0.2) is 0 Å². The highest BCUT2D eigenvalue weighted by Crippen LogP contribution is 2.27. The van der Waals surface area contributed by atoms with Crippen LogP contribution in [0.4, 0.5) is 0 Å². The molecule has 0 saturated heterocycles. The first-order valence-corrected chi connectivity index (χ1v) is 12.5. The third-order valence-electron chi connectivity index (χ3n) is 5.68. The minimum Gasteiger partial charge on any atom is -0.351 e. The second kappa shape index (κ2) is 11.4. The van der Waals surface area contributed by atoms with Gasteiger partial charge in [0.25, 0.3) is 0 Å². The van der Waals surface area contributed by atoms with E-state index < -0.39 is 5.92 Å². The van der Waals surface area contributed by atoms with E-state index in [9.17, 15) is 4.79 Å². The first-order valence-electron chi connectivity index (χ1n) is 11.2. The van der Waals surface area contributed by atoms with Crippen LogP contribution in [0.5, 0.6) is 0 Å². The molecular weight excluding hydrogens is 464 g/mol. The molecule has 1 unspecified atom stereocenters. The quantitative estimate of drug-likeness (QED) is 0.292. The van der Waals surface area contributed by atoms with E-state index in [-0.39, 0.29) is 5.91 Å². The Balaban J connectivity index is 1.54. The minimum atomic E-state index is -0.444. The normalized spacial score (nSPS) is 11.9. The Morgan fingerprint density at radius 2 is 1.74 bits per heavy atom. The molecule has 1 aromatic heterocycles. The Morgan fingerprint density at radius 3 is 2.50 bits per heavy atom. The second-order valence-corrected chi connectivity index (χ2v) is 9.58. The number of nitrogens with zero attached hydrogens (tertiary/aromatic N) is 3. The average molecular weight is 491 g/mol. The summed E-state index contributed by atoms with van der Waals surface area (Å²) in [7, 11) is 0. The van der Waals surface area contributed by atoms with Crippen molar-refractivity contribution in [2.75, 3.05) is 0 Å². The first kappa shape index (κ1) is 24.0. The smallest absolute Gasteiger partial charge is 0.230 e. The number of nitrogens with one attached hydrogen (secondary N) is 1. The molecule has 0 spiro atoms. The van der Waals surface area contributed by atoms with E-state index >= 15 is 0 Å². The number of aryl methyl sites for hydroxylation is 1. The number of hydrogen-bond acceptors (Lipinski definition) is 4. The van der Waals surface area contributed by atoms with E-state index in [2.05, 4.69) is 27.6 Å². The van der Waals surface area contributed by atoms with Crippen molar-refractivity contribution >= 4 is 29.3 Å². The maximum atomic E-state index is 13.0. The fourth-order valence-corrected chi connectivity index (χ4v) is 4.78. The van der Waals surface area contributed by atoms with Crippen LogP contribution in [0.1, 0.15) is 40.9 Å². The number of halogens is 1. The van der Waals surface area contributed by atoms with E-state index in [0.717, 1.165) is 27.4 Å². The number of thioether (sulfide) groups is 1. The lowest BCUT2D eigenvalue weighted by Crippen LogP contribution is -2.29. The molecular formula is C27H27ClN4OS. The maximum absolute atomic E-state index is 13.0. The van der Waals surface area contributed by atoms with Crippen LogP contribution in [0.2, 0.25) is 5.02 Å². The van der Waals surface area contributed by atoms with Gasteiger partial charge in [0.05, 0.1) is 12.5 Å². The summed E-state index contributed by atoms with van der Waals surface area (Å²) in [6.07, 6.45) is 0. The van der Waals surface area contributed by atoms with E-state index in [4.69, 9.17) is 11.6 Å². The highest BCUT2D eigenvalue weighted by molar-refractivity contribution is 7.98. The predicted molar refractivity (Wildman–Crippen MR) is 138 cm³/mol. The summed E-state index contributed by atoms with van der Waals surface area (Å²) in [5, 5.41) is 13.4. The summed E-state index contributed by atoms with van der Waals surface area (Å²) in [6.45, 7) is 5.00. The molecule has 0 fully saturated rings. The lowest BCUT2D eigenvalue weighted by Gasteiger charge is -2.16. The molecule has 1 atom stereocenters.